The lowest BCUT2D eigenvalue weighted by Gasteiger charge is -2.11. The van der Waals surface area contributed by atoms with Gasteiger partial charge in [0.1, 0.15) is 5.82 Å². The lowest BCUT2D eigenvalue weighted by Crippen LogP contribution is -2.28. The highest BCUT2D eigenvalue weighted by Gasteiger charge is 2.13. The molecule has 1 heterocycles. The van der Waals surface area contributed by atoms with Gasteiger partial charge in [-0.15, -0.1) is 0 Å². The van der Waals surface area contributed by atoms with Crippen LogP contribution in [0.25, 0.3) is 10.9 Å². The molecule has 6 nitrogen and oxygen atoms in total. The zero-order valence-electron chi connectivity index (χ0n) is 14.2. The van der Waals surface area contributed by atoms with Crippen LogP contribution in [0.4, 0.5) is 11.5 Å². The first-order valence-corrected chi connectivity index (χ1v) is 8.05. The summed E-state index contributed by atoms with van der Waals surface area (Å²) in [7, 11) is 1.59. The molecule has 0 aliphatic rings. The summed E-state index contributed by atoms with van der Waals surface area (Å²) >= 11 is 0. The molecule has 0 saturated carbocycles. The molecule has 25 heavy (non-hydrogen) atoms. The number of nitrogens with zero attached hydrogens (tertiary/aromatic N) is 2. The van der Waals surface area contributed by atoms with Gasteiger partial charge in [-0.25, -0.2) is 9.97 Å². The molecule has 1 aromatic heterocycles. The fraction of sp³-hybridized carbons (Fsp3) is 0.211. The van der Waals surface area contributed by atoms with Crippen LogP contribution in [0.15, 0.2) is 48.5 Å². The minimum Gasteiger partial charge on any atom is -0.383 e. The van der Waals surface area contributed by atoms with Gasteiger partial charge in [0.05, 0.1) is 12.1 Å². The van der Waals surface area contributed by atoms with Crippen LogP contribution in [0.5, 0.6) is 0 Å². The van der Waals surface area contributed by atoms with E-state index in [2.05, 4.69) is 20.6 Å². The van der Waals surface area contributed by atoms with E-state index in [1.54, 1.807) is 7.11 Å². The van der Waals surface area contributed by atoms with E-state index in [9.17, 15) is 4.79 Å². The summed E-state index contributed by atoms with van der Waals surface area (Å²) in [5, 5.41) is 6.89. The van der Waals surface area contributed by atoms with Crippen LogP contribution in [-0.4, -0.2) is 36.1 Å². The molecule has 3 rings (SSSR count). The van der Waals surface area contributed by atoms with Gasteiger partial charge in [0.25, 0.3) is 5.91 Å². The molecule has 0 atom stereocenters. The first-order valence-electron chi connectivity index (χ1n) is 8.05. The molecular weight excluding hydrogens is 316 g/mol. The topological polar surface area (TPSA) is 76.1 Å². The van der Waals surface area contributed by atoms with Crippen molar-refractivity contribution in [1.29, 1.82) is 0 Å². The number of hydrogen-bond donors (Lipinski definition) is 2. The summed E-state index contributed by atoms with van der Waals surface area (Å²) in [5.41, 5.74) is 2.79. The second-order valence-corrected chi connectivity index (χ2v) is 5.65. The minimum atomic E-state index is -0.324. The number of aromatic nitrogens is 2. The van der Waals surface area contributed by atoms with Crippen molar-refractivity contribution in [3.8, 4) is 0 Å². The predicted octanol–water partition coefficient (Wildman–Crippen LogP) is 3.06. The Hall–Kier alpha value is -2.99. The molecule has 3 aromatic rings. The van der Waals surface area contributed by atoms with E-state index in [-0.39, 0.29) is 11.7 Å². The van der Waals surface area contributed by atoms with Gasteiger partial charge in [0, 0.05) is 24.7 Å². The van der Waals surface area contributed by atoms with E-state index in [1.165, 1.54) is 5.56 Å². The van der Waals surface area contributed by atoms with Gasteiger partial charge in [0.15, 0.2) is 0 Å². The molecule has 0 saturated heterocycles. The normalized spacial score (nSPS) is 10.6. The molecule has 0 bridgehead atoms. The highest BCUT2D eigenvalue weighted by Crippen LogP contribution is 2.24. The second-order valence-electron chi connectivity index (χ2n) is 5.65. The molecule has 0 aliphatic carbocycles. The molecule has 0 spiro atoms. The maximum absolute atomic E-state index is 12.3. The summed E-state index contributed by atoms with van der Waals surface area (Å²) in [6, 6.07) is 15.6. The fourth-order valence-electron chi connectivity index (χ4n) is 2.39. The van der Waals surface area contributed by atoms with Crippen LogP contribution in [0.1, 0.15) is 16.2 Å². The first-order chi connectivity index (χ1) is 12.2. The monoisotopic (exact) mass is 336 g/mol. The van der Waals surface area contributed by atoms with Crippen LogP contribution >= 0.6 is 0 Å². The van der Waals surface area contributed by atoms with E-state index >= 15 is 0 Å². The number of carbonyl (C=O) groups excluding carboxylic acids is 1. The van der Waals surface area contributed by atoms with Gasteiger partial charge in [0.2, 0.25) is 5.82 Å². The van der Waals surface area contributed by atoms with Crippen molar-refractivity contribution in [3.05, 3.63) is 59.9 Å². The SMILES string of the molecule is COCCNC(=O)c1nc(Nc2ccc(C)cc2)c2ccccc2n1. The van der Waals surface area contributed by atoms with Crippen molar-refractivity contribution in [1.82, 2.24) is 15.3 Å². The highest BCUT2D eigenvalue weighted by atomic mass is 16.5. The number of hydrogen-bond acceptors (Lipinski definition) is 5. The van der Waals surface area contributed by atoms with Gasteiger partial charge < -0.3 is 15.4 Å². The number of benzene rings is 2. The number of carbonyl (C=O) groups is 1. The largest absolute Gasteiger partial charge is 0.383 e. The number of rotatable bonds is 6. The van der Waals surface area contributed by atoms with Crippen LogP contribution in [0.3, 0.4) is 0 Å². The lowest BCUT2D eigenvalue weighted by molar-refractivity contribution is 0.0927. The first kappa shape index (κ1) is 16.9. The molecule has 2 aromatic carbocycles. The molecule has 1 amide bonds. The van der Waals surface area contributed by atoms with Gasteiger partial charge in [-0.1, -0.05) is 29.8 Å². The fourth-order valence-corrected chi connectivity index (χ4v) is 2.39. The minimum absolute atomic E-state index is 0.129. The lowest BCUT2D eigenvalue weighted by atomic mass is 10.2. The van der Waals surface area contributed by atoms with Crippen LogP contribution < -0.4 is 10.6 Å². The molecule has 0 unspecified atom stereocenters. The van der Waals surface area contributed by atoms with Gasteiger partial charge >= 0.3 is 0 Å². The molecule has 0 fully saturated rings. The van der Waals surface area contributed by atoms with E-state index in [1.807, 2.05) is 55.5 Å². The number of methoxy groups -OCH3 is 1. The Kier molecular flexibility index (Phi) is 5.20. The van der Waals surface area contributed by atoms with E-state index in [0.29, 0.717) is 24.5 Å². The Balaban J connectivity index is 1.94. The van der Waals surface area contributed by atoms with Crippen LogP contribution in [-0.2, 0) is 4.74 Å². The van der Waals surface area contributed by atoms with Crippen molar-refractivity contribution < 1.29 is 9.53 Å². The van der Waals surface area contributed by atoms with Crippen LogP contribution in [0, 0.1) is 6.92 Å². The maximum atomic E-state index is 12.3. The Morgan fingerprint density at radius 3 is 2.60 bits per heavy atom. The van der Waals surface area contributed by atoms with Crippen molar-refractivity contribution in [2.24, 2.45) is 0 Å². The zero-order valence-corrected chi connectivity index (χ0v) is 14.2. The third-order valence-corrected chi connectivity index (χ3v) is 3.71. The van der Waals surface area contributed by atoms with Crippen molar-refractivity contribution >= 4 is 28.3 Å². The molecule has 6 heteroatoms. The summed E-state index contributed by atoms with van der Waals surface area (Å²) < 4.78 is 4.94. The quantitative estimate of drug-likeness (QED) is 0.677. The number of amides is 1. The number of fused-ring (bicyclic) bond motifs is 1. The summed E-state index contributed by atoms with van der Waals surface area (Å²) in [4.78, 5) is 21.1. The predicted molar refractivity (Wildman–Crippen MR) is 98.2 cm³/mol. The smallest absolute Gasteiger partial charge is 0.289 e. The second kappa shape index (κ2) is 7.72. The van der Waals surface area contributed by atoms with Gasteiger partial charge in [-0.05, 0) is 31.2 Å². The van der Waals surface area contributed by atoms with Crippen molar-refractivity contribution in [3.63, 3.8) is 0 Å². The number of nitrogens with one attached hydrogen (secondary N) is 2. The number of aryl methyl sites for hydroxylation is 1. The maximum Gasteiger partial charge on any atom is 0.289 e. The van der Waals surface area contributed by atoms with Crippen molar-refractivity contribution in [2.75, 3.05) is 25.6 Å². The Labute approximate surface area is 146 Å². The highest BCUT2D eigenvalue weighted by molar-refractivity contribution is 5.97. The summed E-state index contributed by atoms with van der Waals surface area (Å²) in [6.07, 6.45) is 0. The molecule has 128 valence electrons. The van der Waals surface area contributed by atoms with Gasteiger partial charge in [-0.3, -0.25) is 4.79 Å². The molecule has 2 N–H and O–H groups in total. The molecule has 0 radical (unpaired) electrons. The number of ether oxygens (including phenoxy) is 1. The van der Waals surface area contributed by atoms with E-state index in [0.717, 1.165) is 11.1 Å². The van der Waals surface area contributed by atoms with E-state index in [4.69, 9.17) is 4.74 Å². The van der Waals surface area contributed by atoms with E-state index < -0.39 is 0 Å². The zero-order chi connectivity index (χ0) is 17.6. The number of anilines is 2. The van der Waals surface area contributed by atoms with Crippen LogP contribution in [0.2, 0.25) is 0 Å². The van der Waals surface area contributed by atoms with Gasteiger partial charge in [-0.2, -0.15) is 0 Å². The Bertz CT molecular complexity index is 878. The Morgan fingerprint density at radius 1 is 1.08 bits per heavy atom. The third kappa shape index (κ3) is 4.10. The standard InChI is InChI=1S/C19H20N4O2/c1-13-7-9-14(10-8-13)21-17-15-5-3-4-6-16(15)22-18(23-17)19(24)20-11-12-25-2/h3-10H,11-12H2,1-2H3,(H,20,24)(H,21,22,23). The summed E-state index contributed by atoms with van der Waals surface area (Å²) in [5.74, 6) is 0.408. The molecular formula is C19H20N4O2. The third-order valence-electron chi connectivity index (χ3n) is 3.71. The molecule has 0 aliphatic heterocycles. The average molecular weight is 336 g/mol. The Morgan fingerprint density at radius 2 is 1.84 bits per heavy atom. The number of para-hydroxylation sites is 1. The van der Waals surface area contributed by atoms with Crippen molar-refractivity contribution in [2.45, 2.75) is 6.92 Å². The summed E-state index contributed by atoms with van der Waals surface area (Å²) in [6.45, 7) is 2.88. The average Bonchev–Trinajstić information content (AvgIpc) is 2.63.